The Labute approximate surface area is 182 Å². The second-order valence-corrected chi connectivity index (χ2v) is 6.77. The van der Waals surface area contributed by atoms with E-state index >= 15 is 0 Å². The number of aromatic hydroxyl groups is 2. The number of benzene rings is 2. The summed E-state index contributed by atoms with van der Waals surface area (Å²) in [6, 6.07) is 15.5. The molecule has 9 heteroatoms. The molecule has 2 aromatic carbocycles. The van der Waals surface area contributed by atoms with Crippen LogP contribution >= 0.6 is 0 Å². The highest BCUT2D eigenvalue weighted by Gasteiger charge is 2.23. The number of aliphatic imine (C=N–C) groups is 1. The van der Waals surface area contributed by atoms with Crippen molar-refractivity contribution in [3.05, 3.63) is 81.7 Å². The lowest BCUT2D eigenvalue weighted by atomic mass is 10.1. The van der Waals surface area contributed by atoms with E-state index in [1.54, 1.807) is 0 Å². The number of amides is 1. The molecule has 164 valence electrons. The standard InChI is InChI=1S/C23H20N2O7/c1-13(18-20(27)19(14(2)26)22(29)32-21(18)28)25-16-8-10-17(11-9-16)31-23(30)24-12-15-6-4-3-5-7-15/h3-11,27,29H,12H2,1-2H3,(H,24,30). The predicted octanol–water partition coefficient (Wildman–Crippen LogP) is 3.68. The summed E-state index contributed by atoms with van der Waals surface area (Å²) in [5, 5.41) is 22.5. The van der Waals surface area contributed by atoms with Gasteiger partial charge in [0.25, 0.3) is 5.95 Å². The van der Waals surface area contributed by atoms with Crippen molar-refractivity contribution in [3.8, 4) is 17.4 Å². The minimum absolute atomic E-state index is 0.0630. The van der Waals surface area contributed by atoms with E-state index in [2.05, 4.69) is 14.7 Å². The van der Waals surface area contributed by atoms with Crippen LogP contribution in [0.2, 0.25) is 0 Å². The molecule has 0 saturated carbocycles. The lowest BCUT2D eigenvalue weighted by molar-refractivity contribution is 0.100. The van der Waals surface area contributed by atoms with Crippen molar-refractivity contribution in [1.29, 1.82) is 0 Å². The smallest absolute Gasteiger partial charge is 0.412 e. The third-order valence-corrected chi connectivity index (χ3v) is 4.42. The van der Waals surface area contributed by atoms with Gasteiger partial charge in [-0.3, -0.25) is 9.79 Å². The van der Waals surface area contributed by atoms with Gasteiger partial charge in [-0.15, -0.1) is 0 Å². The summed E-state index contributed by atoms with van der Waals surface area (Å²) in [6.45, 7) is 2.87. The van der Waals surface area contributed by atoms with Crippen LogP contribution in [0.5, 0.6) is 17.4 Å². The summed E-state index contributed by atoms with van der Waals surface area (Å²) in [7, 11) is 0. The first-order chi connectivity index (χ1) is 15.3. The van der Waals surface area contributed by atoms with Gasteiger partial charge in [0.05, 0.1) is 11.4 Å². The lowest BCUT2D eigenvalue weighted by Crippen LogP contribution is -2.26. The van der Waals surface area contributed by atoms with Gasteiger partial charge in [0.1, 0.15) is 22.6 Å². The van der Waals surface area contributed by atoms with Crippen LogP contribution in [0.1, 0.15) is 35.3 Å². The van der Waals surface area contributed by atoms with E-state index in [1.165, 1.54) is 31.2 Å². The minimum Gasteiger partial charge on any atom is -0.506 e. The molecule has 32 heavy (non-hydrogen) atoms. The molecule has 0 aliphatic rings. The molecular formula is C23H20N2O7. The van der Waals surface area contributed by atoms with Gasteiger partial charge in [0.15, 0.2) is 5.78 Å². The fraction of sp³-hybridized carbons (Fsp3) is 0.130. The molecule has 1 amide bonds. The predicted molar refractivity (Wildman–Crippen MR) is 116 cm³/mol. The van der Waals surface area contributed by atoms with Crippen LogP contribution < -0.4 is 15.7 Å². The fourth-order valence-corrected chi connectivity index (χ4v) is 2.90. The summed E-state index contributed by atoms with van der Waals surface area (Å²) in [5.41, 5.74) is -0.502. The molecule has 0 spiro atoms. The molecule has 0 aliphatic carbocycles. The maximum atomic E-state index is 12.1. The molecular weight excluding hydrogens is 416 g/mol. The summed E-state index contributed by atoms with van der Waals surface area (Å²) in [6.07, 6.45) is -0.621. The third-order valence-electron chi connectivity index (χ3n) is 4.42. The monoisotopic (exact) mass is 436 g/mol. The SMILES string of the molecule is CC(=O)c1c(O)oc(=O)c(C(C)=Nc2ccc(OC(=O)NCc3ccccc3)cc2)c1O. The molecule has 0 bridgehead atoms. The van der Waals surface area contributed by atoms with Crippen LogP contribution in [-0.4, -0.2) is 27.8 Å². The van der Waals surface area contributed by atoms with Crippen molar-refractivity contribution in [1.82, 2.24) is 5.32 Å². The molecule has 3 aromatic rings. The third kappa shape index (κ3) is 5.20. The molecule has 9 nitrogen and oxygen atoms in total. The number of ketones is 1. The zero-order valence-electron chi connectivity index (χ0n) is 17.3. The second-order valence-electron chi connectivity index (χ2n) is 6.77. The highest BCUT2D eigenvalue weighted by Crippen LogP contribution is 2.29. The van der Waals surface area contributed by atoms with Gasteiger partial charge in [0.2, 0.25) is 0 Å². The van der Waals surface area contributed by atoms with Gasteiger partial charge >= 0.3 is 11.7 Å². The number of carbonyl (C=O) groups excluding carboxylic acids is 2. The average Bonchev–Trinajstić information content (AvgIpc) is 2.73. The van der Waals surface area contributed by atoms with Crippen LogP contribution in [0.3, 0.4) is 0 Å². The number of Topliss-reactive ketones (excluding diaryl/α,β-unsaturated/α-hetero) is 1. The molecule has 1 aromatic heterocycles. The van der Waals surface area contributed by atoms with Crippen molar-refractivity contribution in [2.45, 2.75) is 20.4 Å². The van der Waals surface area contributed by atoms with E-state index < -0.39 is 34.8 Å². The number of nitrogens with zero attached hydrogens (tertiary/aromatic N) is 1. The Morgan fingerprint density at radius 1 is 1.00 bits per heavy atom. The van der Waals surface area contributed by atoms with Gasteiger partial charge in [-0.25, -0.2) is 9.59 Å². The topological polar surface area (TPSA) is 138 Å². The summed E-state index contributed by atoms with van der Waals surface area (Å²) in [4.78, 5) is 39.8. The molecule has 3 N–H and O–H groups in total. The molecule has 0 atom stereocenters. The van der Waals surface area contributed by atoms with Gasteiger partial charge in [-0.2, -0.15) is 0 Å². The molecule has 3 rings (SSSR count). The molecule has 1 heterocycles. The highest BCUT2D eigenvalue weighted by molar-refractivity contribution is 6.07. The Morgan fingerprint density at radius 3 is 2.28 bits per heavy atom. The largest absolute Gasteiger partial charge is 0.506 e. The lowest BCUT2D eigenvalue weighted by Gasteiger charge is -2.08. The van der Waals surface area contributed by atoms with Crippen molar-refractivity contribution in [2.75, 3.05) is 0 Å². The second kappa shape index (κ2) is 9.61. The van der Waals surface area contributed by atoms with E-state index in [0.29, 0.717) is 12.2 Å². The number of ether oxygens (including phenoxy) is 1. The van der Waals surface area contributed by atoms with Gasteiger partial charge in [-0.05, 0) is 43.7 Å². The zero-order valence-corrected chi connectivity index (χ0v) is 17.3. The average molecular weight is 436 g/mol. The number of rotatable bonds is 6. The normalized spacial score (nSPS) is 11.1. The summed E-state index contributed by atoms with van der Waals surface area (Å²) in [5.74, 6) is -2.06. The molecule has 0 fully saturated rings. The van der Waals surface area contributed by atoms with E-state index in [4.69, 9.17) is 4.74 Å². The number of hydrogen-bond donors (Lipinski definition) is 3. The van der Waals surface area contributed by atoms with Crippen LogP contribution in [-0.2, 0) is 6.54 Å². The van der Waals surface area contributed by atoms with E-state index in [0.717, 1.165) is 12.5 Å². The maximum Gasteiger partial charge on any atom is 0.412 e. The number of nitrogens with one attached hydrogen (secondary N) is 1. The summed E-state index contributed by atoms with van der Waals surface area (Å²) < 4.78 is 9.84. The van der Waals surface area contributed by atoms with E-state index in [1.807, 2.05) is 30.3 Å². The molecule has 0 unspecified atom stereocenters. The molecule has 0 radical (unpaired) electrons. The first kappa shape index (κ1) is 22.3. The summed E-state index contributed by atoms with van der Waals surface area (Å²) >= 11 is 0. The number of carbonyl (C=O) groups is 2. The van der Waals surface area contributed by atoms with Gasteiger partial charge in [-0.1, -0.05) is 30.3 Å². The van der Waals surface area contributed by atoms with Crippen LogP contribution in [0, 0.1) is 0 Å². The molecule has 0 saturated heterocycles. The van der Waals surface area contributed by atoms with Crippen molar-refractivity contribution in [2.24, 2.45) is 4.99 Å². The Morgan fingerprint density at radius 2 is 1.66 bits per heavy atom. The Bertz CT molecular complexity index is 1230. The van der Waals surface area contributed by atoms with E-state index in [9.17, 15) is 24.6 Å². The number of hydrogen-bond acceptors (Lipinski definition) is 8. The van der Waals surface area contributed by atoms with Crippen LogP contribution in [0.25, 0.3) is 0 Å². The zero-order chi connectivity index (χ0) is 23.3. The minimum atomic E-state index is -1.04. The van der Waals surface area contributed by atoms with E-state index in [-0.39, 0.29) is 17.0 Å². The first-order valence-electron chi connectivity index (χ1n) is 9.51. The van der Waals surface area contributed by atoms with Gasteiger partial charge in [0, 0.05) is 6.54 Å². The van der Waals surface area contributed by atoms with Crippen molar-refractivity contribution >= 4 is 23.3 Å². The fourth-order valence-electron chi connectivity index (χ4n) is 2.90. The van der Waals surface area contributed by atoms with Crippen LogP contribution in [0.15, 0.2) is 68.8 Å². The Kier molecular flexibility index (Phi) is 6.69. The molecule has 0 aliphatic heterocycles. The highest BCUT2D eigenvalue weighted by atomic mass is 16.6. The Balaban J connectivity index is 1.72. The van der Waals surface area contributed by atoms with Crippen molar-refractivity contribution in [3.63, 3.8) is 0 Å². The van der Waals surface area contributed by atoms with Crippen molar-refractivity contribution < 1.29 is 29.0 Å². The van der Waals surface area contributed by atoms with Crippen LogP contribution in [0.4, 0.5) is 10.5 Å². The quantitative estimate of drug-likeness (QED) is 0.396. The first-order valence-corrected chi connectivity index (χ1v) is 9.51. The maximum absolute atomic E-state index is 12.1. The van der Waals surface area contributed by atoms with Gasteiger partial charge < -0.3 is 24.7 Å². The Hall–Kier alpha value is -4.40.